The molecule has 0 unspecified atom stereocenters. The van der Waals surface area contributed by atoms with Crippen LogP contribution in [0.25, 0.3) is 0 Å². The van der Waals surface area contributed by atoms with Gasteiger partial charge in [0.15, 0.2) is 0 Å². The molecule has 0 spiro atoms. The fourth-order valence-electron chi connectivity index (χ4n) is 1.76. The van der Waals surface area contributed by atoms with E-state index in [0.29, 0.717) is 5.92 Å². The Balaban J connectivity index is 3.05. The molecule has 0 aliphatic rings. The van der Waals surface area contributed by atoms with Gasteiger partial charge in [-0.15, -0.1) is 0 Å². The molecule has 2 nitrogen and oxygen atoms in total. The monoisotopic (exact) mass is 284 g/mol. The van der Waals surface area contributed by atoms with Gasteiger partial charge in [-0.05, 0) is 53.4 Å². The molecule has 0 saturated carbocycles. The van der Waals surface area contributed by atoms with E-state index in [2.05, 4.69) is 54.6 Å². The number of aryl methyl sites for hydroxylation is 1. The third-order valence-electron chi connectivity index (χ3n) is 2.64. The molecule has 16 heavy (non-hydrogen) atoms. The van der Waals surface area contributed by atoms with Crippen LogP contribution < -0.4 is 10.6 Å². The van der Waals surface area contributed by atoms with Crippen LogP contribution in [0.3, 0.4) is 0 Å². The summed E-state index contributed by atoms with van der Waals surface area (Å²) in [4.78, 5) is 2.38. The summed E-state index contributed by atoms with van der Waals surface area (Å²) < 4.78 is 1.08. The summed E-state index contributed by atoms with van der Waals surface area (Å²) in [5, 5.41) is 0. The number of halogens is 1. The van der Waals surface area contributed by atoms with Crippen LogP contribution in [-0.4, -0.2) is 13.1 Å². The van der Waals surface area contributed by atoms with E-state index in [1.165, 1.54) is 5.69 Å². The van der Waals surface area contributed by atoms with Gasteiger partial charge in [0.25, 0.3) is 0 Å². The zero-order valence-corrected chi connectivity index (χ0v) is 12.1. The first-order valence-electron chi connectivity index (χ1n) is 5.76. The van der Waals surface area contributed by atoms with Crippen molar-refractivity contribution >= 4 is 27.3 Å². The van der Waals surface area contributed by atoms with Crippen molar-refractivity contribution in [3.8, 4) is 0 Å². The Morgan fingerprint density at radius 1 is 1.38 bits per heavy atom. The minimum Gasteiger partial charge on any atom is -0.398 e. The van der Waals surface area contributed by atoms with Crippen LogP contribution in [0.4, 0.5) is 11.4 Å². The molecule has 0 radical (unpaired) electrons. The standard InChI is InChI=1S/C13H21BrN2/c1-5-16(8-9(2)3)13-6-10(4)12(15)7-11(13)14/h6-7,9H,5,8,15H2,1-4H3. The molecule has 1 rings (SSSR count). The molecular weight excluding hydrogens is 264 g/mol. The van der Waals surface area contributed by atoms with E-state index in [1.54, 1.807) is 0 Å². The van der Waals surface area contributed by atoms with Crippen molar-refractivity contribution in [2.45, 2.75) is 27.7 Å². The highest BCUT2D eigenvalue weighted by atomic mass is 79.9. The largest absolute Gasteiger partial charge is 0.398 e. The number of nitrogen functional groups attached to an aromatic ring is 1. The smallest absolute Gasteiger partial charge is 0.0514 e. The van der Waals surface area contributed by atoms with Crippen molar-refractivity contribution in [1.82, 2.24) is 0 Å². The van der Waals surface area contributed by atoms with Gasteiger partial charge < -0.3 is 10.6 Å². The third kappa shape index (κ3) is 3.14. The highest BCUT2D eigenvalue weighted by Gasteiger charge is 2.11. The maximum atomic E-state index is 5.88. The lowest BCUT2D eigenvalue weighted by molar-refractivity contribution is 0.618. The molecule has 0 saturated heterocycles. The van der Waals surface area contributed by atoms with E-state index in [-0.39, 0.29) is 0 Å². The van der Waals surface area contributed by atoms with Gasteiger partial charge in [-0.2, -0.15) is 0 Å². The Labute approximate surface area is 107 Å². The number of hydrogen-bond acceptors (Lipinski definition) is 2. The summed E-state index contributed by atoms with van der Waals surface area (Å²) in [6.45, 7) is 10.8. The normalized spacial score (nSPS) is 10.9. The average Bonchev–Trinajstić information content (AvgIpc) is 2.20. The summed E-state index contributed by atoms with van der Waals surface area (Å²) in [5.74, 6) is 0.657. The van der Waals surface area contributed by atoms with Crippen molar-refractivity contribution in [2.24, 2.45) is 5.92 Å². The van der Waals surface area contributed by atoms with Crippen molar-refractivity contribution in [2.75, 3.05) is 23.7 Å². The lowest BCUT2D eigenvalue weighted by atomic mass is 10.1. The Hall–Kier alpha value is -0.700. The van der Waals surface area contributed by atoms with Gasteiger partial charge in [0, 0.05) is 23.2 Å². The number of nitrogens with two attached hydrogens (primary N) is 1. The molecule has 0 amide bonds. The second-order valence-corrected chi connectivity index (χ2v) is 5.45. The predicted molar refractivity (Wildman–Crippen MR) is 76.0 cm³/mol. The molecule has 0 fully saturated rings. The van der Waals surface area contributed by atoms with Crippen LogP contribution in [-0.2, 0) is 0 Å². The fourth-order valence-corrected chi connectivity index (χ4v) is 2.37. The first kappa shape index (κ1) is 13.4. The summed E-state index contributed by atoms with van der Waals surface area (Å²) in [5.41, 5.74) is 9.11. The Morgan fingerprint density at radius 2 is 2.00 bits per heavy atom. The first-order valence-corrected chi connectivity index (χ1v) is 6.55. The third-order valence-corrected chi connectivity index (χ3v) is 3.28. The van der Waals surface area contributed by atoms with Gasteiger partial charge >= 0.3 is 0 Å². The van der Waals surface area contributed by atoms with Gasteiger partial charge in [0.2, 0.25) is 0 Å². The topological polar surface area (TPSA) is 29.3 Å². The SMILES string of the molecule is CCN(CC(C)C)c1cc(C)c(N)cc1Br. The van der Waals surface area contributed by atoms with E-state index in [0.717, 1.165) is 28.8 Å². The van der Waals surface area contributed by atoms with Crippen LogP contribution in [0.15, 0.2) is 16.6 Å². The van der Waals surface area contributed by atoms with Crippen molar-refractivity contribution in [3.05, 3.63) is 22.2 Å². The average molecular weight is 285 g/mol. The van der Waals surface area contributed by atoms with Gasteiger partial charge in [-0.1, -0.05) is 13.8 Å². The van der Waals surface area contributed by atoms with E-state index < -0.39 is 0 Å². The predicted octanol–water partition coefficient (Wildman–Crippen LogP) is 3.82. The Bertz CT molecular complexity index is 361. The molecule has 2 N–H and O–H groups in total. The highest BCUT2D eigenvalue weighted by Crippen LogP contribution is 2.31. The molecule has 0 atom stereocenters. The molecule has 3 heteroatoms. The number of nitrogens with zero attached hydrogens (tertiary/aromatic N) is 1. The maximum absolute atomic E-state index is 5.88. The highest BCUT2D eigenvalue weighted by molar-refractivity contribution is 9.10. The fraction of sp³-hybridized carbons (Fsp3) is 0.538. The van der Waals surface area contributed by atoms with Crippen LogP contribution in [0, 0.1) is 12.8 Å². The molecule has 0 aliphatic heterocycles. The molecule has 1 aromatic rings. The van der Waals surface area contributed by atoms with Crippen LogP contribution in [0.2, 0.25) is 0 Å². The van der Waals surface area contributed by atoms with E-state index >= 15 is 0 Å². The van der Waals surface area contributed by atoms with Gasteiger partial charge in [-0.3, -0.25) is 0 Å². The number of rotatable bonds is 4. The zero-order chi connectivity index (χ0) is 12.3. The molecule has 1 aromatic carbocycles. The Kier molecular flexibility index (Phi) is 4.66. The maximum Gasteiger partial charge on any atom is 0.0514 e. The van der Waals surface area contributed by atoms with E-state index in [4.69, 9.17) is 5.73 Å². The van der Waals surface area contributed by atoms with E-state index in [1.807, 2.05) is 6.07 Å². The molecule has 0 heterocycles. The lowest BCUT2D eigenvalue weighted by Gasteiger charge is -2.27. The lowest BCUT2D eigenvalue weighted by Crippen LogP contribution is -2.27. The second-order valence-electron chi connectivity index (χ2n) is 4.59. The van der Waals surface area contributed by atoms with Crippen LogP contribution in [0.5, 0.6) is 0 Å². The zero-order valence-electron chi connectivity index (χ0n) is 10.5. The molecule has 0 aromatic heterocycles. The quantitative estimate of drug-likeness (QED) is 0.852. The number of benzene rings is 1. The van der Waals surface area contributed by atoms with Crippen LogP contribution >= 0.6 is 15.9 Å². The van der Waals surface area contributed by atoms with Crippen LogP contribution in [0.1, 0.15) is 26.3 Å². The summed E-state index contributed by atoms with van der Waals surface area (Å²) in [6.07, 6.45) is 0. The molecular formula is C13H21BrN2. The summed E-state index contributed by atoms with van der Waals surface area (Å²) >= 11 is 3.59. The van der Waals surface area contributed by atoms with Crippen molar-refractivity contribution < 1.29 is 0 Å². The van der Waals surface area contributed by atoms with Gasteiger partial charge in [0.05, 0.1) is 5.69 Å². The molecule has 0 bridgehead atoms. The molecule has 0 aliphatic carbocycles. The second kappa shape index (κ2) is 5.58. The number of hydrogen-bond donors (Lipinski definition) is 1. The van der Waals surface area contributed by atoms with Gasteiger partial charge in [-0.25, -0.2) is 0 Å². The summed E-state index contributed by atoms with van der Waals surface area (Å²) in [6, 6.07) is 4.15. The minimum atomic E-state index is 0.657. The van der Waals surface area contributed by atoms with Crippen molar-refractivity contribution in [1.29, 1.82) is 0 Å². The summed E-state index contributed by atoms with van der Waals surface area (Å²) in [7, 11) is 0. The minimum absolute atomic E-state index is 0.657. The number of anilines is 2. The molecule has 90 valence electrons. The first-order chi connectivity index (χ1) is 7.45. The Morgan fingerprint density at radius 3 is 2.50 bits per heavy atom. The van der Waals surface area contributed by atoms with Gasteiger partial charge in [0.1, 0.15) is 0 Å². The van der Waals surface area contributed by atoms with E-state index in [9.17, 15) is 0 Å². The van der Waals surface area contributed by atoms with Crippen molar-refractivity contribution in [3.63, 3.8) is 0 Å².